The Balaban J connectivity index is 0.000000532. The highest BCUT2D eigenvalue weighted by atomic mass is 19.4. The lowest BCUT2D eigenvalue weighted by Crippen LogP contribution is -2.40. The van der Waals surface area contributed by atoms with Gasteiger partial charge in [0.2, 0.25) is 0 Å². The van der Waals surface area contributed by atoms with E-state index >= 15 is 0 Å². The van der Waals surface area contributed by atoms with Crippen LogP contribution < -0.4 is 0 Å². The van der Waals surface area contributed by atoms with Crippen molar-refractivity contribution in [3.63, 3.8) is 0 Å². The number of hydrogen-bond donors (Lipinski definition) is 1. The quantitative estimate of drug-likeness (QED) is 0.451. The van der Waals surface area contributed by atoms with Crippen LogP contribution in [0.4, 0.5) is 13.2 Å². The van der Waals surface area contributed by atoms with Crippen molar-refractivity contribution in [2.24, 2.45) is 5.41 Å². The summed E-state index contributed by atoms with van der Waals surface area (Å²) in [6.07, 6.45) is -0.507. The molecule has 0 spiro atoms. The van der Waals surface area contributed by atoms with Crippen molar-refractivity contribution in [1.82, 2.24) is 14.5 Å². The van der Waals surface area contributed by atoms with Gasteiger partial charge in [0.05, 0.1) is 28.8 Å². The molecule has 3 aromatic rings. The number of benzene rings is 2. The van der Waals surface area contributed by atoms with Crippen LogP contribution in [0.15, 0.2) is 54.7 Å². The van der Waals surface area contributed by atoms with E-state index in [-0.39, 0.29) is 5.41 Å². The minimum Gasteiger partial charge on any atom is -0.475 e. The second kappa shape index (κ2) is 12.6. The van der Waals surface area contributed by atoms with Gasteiger partial charge in [-0.2, -0.15) is 23.7 Å². The lowest BCUT2D eigenvalue weighted by Gasteiger charge is -2.37. The lowest BCUT2D eigenvalue weighted by atomic mass is 9.75. The van der Waals surface area contributed by atoms with Crippen molar-refractivity contribution in [3.05, 3.63) is 88.5 Å². The third-order valence-electron chi connectivity index (χ3n) is 6.86. The smallest absolute Gasteiger partial charge is 0.475 e. The number of aliphatic carboxylic acids is 1. The van der Waals surface area contributed by atoms with Crippen LogP contribution in [0, 0.1) is 41.9 Å². The van der Waals surface area contributed by atoms with Crippen LogP contribution in [0.2, 0.25) is 0 Å². The minimum absolute atomic E-state index is 0.275. The summed E-state index contributed by atoms with van der Waals surface area (Å²) in [6.45, 7) is 7.56. The van der Waals surface area contributed by atoms with Crippen molar-refractivity contribution in [1.29, 1.82) is 10.5 Å². The van der Waals surface area contributed by atoms with E-state index in [0.717, 1.165) is 56.8 Å². The maximum absolute atomic E-state index is 10.6. The molecule has 4 rings (SSSR count). The number of carbonyl (C=O) groups is 1. The van der Waals surface area contributed by atoms with E-state index in [2.05, 4.69) is 57.8 Å². The van der Waals surface area contributed by atoms with Crippen LogP contribution in [-0.4, -0.2) is 44.8 Å². The molecule has 7 nitrogen and oxygen atoms in total. The van der Waals surface area contributed by atoms with Gasteiger partial charge in [-0.1, -0.05) is 42.0 Å². The average molecular weight is 538 g/mol. The Morgan fingerprint density at radius 1 is 1.05 bits per heavy atom. The van der Waals surface area contributed by atoms with Gasteiger partial charge in [-0.25, -0.2) is 9.78 Å². The summed E-state index contributed by atoms with van der Waals surface area (Å²) >= 11 is 0. The van der Waals surface area contributed by atoms with Crippen LogP contribution in [0.25, 0.3) is 0 Å². The van der Waals surface area contributed by atoms with Crippen LogP contribution in [-0.2, 0) is 24.3 Å². The summed E-state index contributed by atoms with van der Waals surface area (Å²) < 4.78 is 34.0. The number of rotatable bonds is 6. The monoisotopic (exact) mass is 537 g/mol. The average Bonchev–Trinajstić information content (AvgIpc) is 3.24. The molecule has 1 saturated heterocycles. The highest BCUT2D eigenvalue weighted by Gasteiger charge is 2.38. The van der Waals surface area contributed by atoms with Crippen molar-refractivity contribution in [2.45, 2.75) is 52.4 Å². The molecular formula is C29H30F3N5O2. The van der Waals surface area contributed by atoms with Crippen LogP contribution >= 0.6 is 0 Å². The molecule has 10 heteroatoms. The van der Waals surface area contributed by atoms with Crippen LogP contribution in [0.1, 0.15) is 46.6 Å². The zero-order chi connectivity index (χ0) is 28.6. The maximum Gasteiger partial charge on any atom is 0.490 e. The number of piperidine rings is 1. The molecule has 1 N–H and O–H groups in total. The van der Waals surface area contributed by atoms with Gasteiger partial charge >= 0.3 is 12.1 Å². The Morgan fingerprint density at radius 3 is 2.23 bits per heavy atom. The summed E-state index contributed by atoms with van der Waals surface area (Å²) in [7, 11) is 0. The van der Waals surface area contributed by atoms with Gasteiger partial charge < -0.3 is 9.67 Å². The number of aromatic nitrogens is 2. The number of likely N-dealkylation sites (tertiary alicyclic amines) is 1. The molecule has 0 amide bonds. The highest BCUT2D eigenvalue weighted by molar-refractivity contribution is 5.73. The molecule has 204 valence electrons. The fourth-order valence-corrected chi connectivity index (χ4v) is 4.63. The van der Waals surface area contributed by atoms with E-state index in [1.165, 1.54) is 16.8 Å². The summed E-state index contributed by atoms with van der Waals surface area (Å²) in [5, 5.41) is 26.1. The molecule has 39 heavy (non-hydrogen) atoms. The number of halogens is 3. The van der Waals surface area contributed by atoms with Crippen molar-refractivity contribution < 1.29 is 23.1 Å². The number of aryl methyl sites for hydroxylation is 2. The Kier molecular flexibility index (Phi) is 9.50. The fourth-order valence-electron chi connectivity index (χ4n) is 4.63. The molecule has 0 atom stereocenters. The van der Waals surface area contributed by atoms with Crippen LogP contribution in [0.5, 0.6) is 0 Å². The first-order valence-electron chi connectivity index (χ1n) is 12.4. The Hall–Kier alpha value is -4.15. The van der Waals surface area contributed by atoms with Crippen molar-refractivity contribution in [3.8, 4) is 12.1 Å². The predicted octanol–water partition coefficient (Wildman–Crippen LogP) is 5.40. The molecule has 1 aliphatic heterocycles. The van der Waals surface area contributed by atoms with Gasteiger partial charge in [0, 0.05) is 32.4 Å². The molecule has 0 aliphatic carbocycles. The third kappa shape index (κ3) is 8.17. The first-order valence-corrected chi connectivity index (χ1v) is 12.4. The zero-order valence-electron chi connectivity index (χ0n) is 21.9. The highest BCUT2D eigenvalue weighted by Crippen LogP contribution is 2.35. The predicted molar refractivity (Wildman–Crippen MR) is 138 cm³/mol. The van der Waals surface area contributed by atoms with Crippen LogP contribution in [0.3, 0.4) is 0 Å². The molecule has 2 heterocycles. The second-order valence-corrected chi connectivity index (χ2v) is 9.83. The van der Waals surface area contributed by atoms with E-state index in [0.29, 0.717) is 5.56 Å². The first-order chi connectivity index (χ1) is 18.4. The Morgan fingerprint density at radius 2 is 1.69 bits per heavy atom. The van der Waals surface area contributed by atoms with Gasteiger partial charge in [-0.15, -0.1) is 0 Å². The largest absolute Gasteiger partial charge is 0.490 e. The number of alkyl halides is 3. The summed E-state index contributed by atoms with van der Waals surface area (Å²) in [5.74, 6) is -1.76. The Bertz CT molecular complexity index is 1360. The van der Waals surface area contributed by atoms with Crippen molar-refractivity contribution in [2.75, 3.05) is 13.1 Å². The molecule has 0 radical (unpaired) electrons. The molecular weight excluding hydrogens is 507 g/mol. The number of carboxylic acids is 1. The number of hydrogen-bond acceptors (Lipinski definition) is 5. The summed E-state index contributed by atoms with van der Waals surface area (Å²) in [4.78, 5) is 15.9. The third-order valence-corrected chi connectivity index (χ3v) is 6.86. The van der Waals surface area contributed by atoms with E-state index in [1.54, 1.807) is 0 Å². The van der Waals surface area contributed by atoms with E-state index in [4.69, 9.17) is 15.2 Å². The van der Waals surface area contributed by atoms with Crippen molar-refractivity contribution >= 4 is 5.97 Å². The zero-order valence-corrected chi connectivity index (χ0v) is 21.9. The molecule has 0 unspecified atom stereocenters. The number of imidazole rings is 1. The SMILES string of the molecule is Cc1cccc(CC2(C#N)CCN(Cc3cnc(C)n3Cc3ccc(C#N)cc3)CC2)c1.O=C(O)C(F)(F)F. The first kappa shape index (κ1) is 29.4. The topological polar surface area (TPSA) is 106 Å². The number of nitriles is 2. The summed E-state index contributed by atoms with van der Waals surface area (Å²) in [5.41, 5.74) is 5.26. The number of carboxylic acid groups (broad SMARTS) is 1. The van der Waals surface area contributed by atoms with Gasteiger partial charge in [0.1, 0.15) is 5.82 Å². The number of nitrogens with zero attached hydrogens (tertiary/aromatic N) is 5. The standard InChI is InChI=1S/C27H29N5.C2HF3O2/c1-21-4-3-5-25(14-21)15-27(20-29)10-12-31(13-11-27)19-26-17-30-22(2)32(26)18-24-8-6-23(16-28)7-9-24;3-2(4,5)1(6)7/h3-9,14,17H,10-13,15,18-19H2,1-2H3;(H,6,7). The fraction of sp³-hybridized carbons (Fsp3) is 0.379. The van der Waals surface area contributed by atoms with E-state index < -0.39 is 12.1 Å². The van der Waals surface area contributed by atoms with Gasteiger partial charge in [0.25, 0.3) is 0 Å². The van der Waals surface area contributed by atoms with Gasteiger partial charge in [-0.3, -0.25) is 4.90 Å². The minimum atomic E-state index is -5.08. The van der Waals surface area contributed by atoms with E-state index in [9.17, 15) is 18.4 Å². The maximum atomic E-state index is 10.6. The summed E-state index contributed by atoms with van der Waals surface area (Å²) in [6, 6.07) is 21.1. The van der Waals surface area contributed by atoms with E-state index in [1.807, 2.05) is 37.4 Å². The molecule has 1 aliphatic rings. The Labute approximate surface area is 225 Å². The van der Waals surface area contributed by atoms with Gasteiger partial charge in [0.15, 0.2) is 0 Å². The molecule has 0 bridgehead atoms. The second-order valence-electron chi connectivity index (χ2n) is 9.83. The lowest BCUT2D eigenvalue weighted by molar-refractivity contribution is -0.192. The van der Waals surface area contributed by atoms with Gasteiger partial charge in [-0.05, 0) is 56.4 Å². The molecule has 1 fully saturated rings. The molecule has 0 saturated carbocycles. The molecule has 2 aromatic carbocycles. The normalized spacial score (nSPS) is 14.9. The molecule has 1 aromatic heterocycles.